The number of rotatable bonds is 5. The summed E-state index contributed by atoms with van der Waals surface area (Å²) in [6.45, 7) is 6.40. The van der Waals surface area contributed by atoms with Crippen LogP contribution in [0.1, 0.15) is 22.3 Å². The fraction of sp³-hybridized carbons (Fsp3) is 0.238. The molecule has 1 aromatic heterocycles. The lowest BCUT2D eigenvalue weighted by atomic mass is 9.98. The Hall–Kier alpha value is -2.66. The largest absolute Gasteiger partial charge is 0.378 e. The Balaban J connectivity index is 1.71. The fourth-order valence-corrected chi connectivity index (χ4v) is 3.69. The van der Waals surface area contributed by atoms with Crippen molar-refractivity contribution in [1.82, 2.24) is 4.98 Å². The van der Waals surface area contributed by atoms with Gasteiger partial charge in [-0.05, 0) is 49.6 Å². The quantitative estimate of drug-likeness (QED) is 0.497. The molecule has 0 saturated carbocycles. The summed E-state index contributed by atoms with van der Waals surface area (Å²) in [4.78, 5) is 6.76. The second kappa shape index (κ2) is 7.70. The summed E-state index contributed by atoms with van der Waals surface area (Å²) in [7, 11) is 4.06. The van der Waals surface area contributed by atoms with Crippen LogP contribution in [-0.2, 0) is 0 Å². The molecule has 0 amide bonds. The molecule has 1 N–H and O–H groups in total. The van der Waals surface area contributed by atoms with E-state index in [1.807, 2.05) is 32.4 Å². The number of aryl methyl sites for hydroxylation is 3. The average molecular weight is 365 g/mol. The average Bonchev–Trinajstić information content (AvgIpc) is 3.03. The minimum atomic E-state index is 0.792. The molecule has 4 nitrogen and oxygen atoms in total. The third kappa shape index (κ3) is 4.11. The zero-order valence-corrected chi connectivity index (χ0v) is 16.7. The van der Waals surface area contributed by atoms with Gasteiger partial charge in [0.25, 0.3) is 0 Å². The zero-order chi connectivity index (χ0) is 18.7. The molecule has 26 heavy (non-hydrogen) atoms. The van der Waals surface area contributed by atoms with Crippen LogP contribution in [0.2, 0.25) is 0 Å². The predicted octanol–water partition coefficient (Wildman–Crippen LogP) is 5.25. The molecule has 0 aliphatic heterocycles. The molecule has 1 heterocycles. The molecule has 0 radical (unpaired) electrons. The van der Waals surface area contributed by atoms with Crippen LogP contribution in [0.15, 0.2) is 46.9 Å². The second-order valence-electron chi connectivity index (χ2n) is 6.67. The molecular weight excluding hydrogens is 340 g/mol. The third-order valence-electron chi connectivity index (χ3n) is 4.22. The molecule has 3 aromatic rings. The number of benzene rings is 2. The molecule has 0 aliphatic carbocycles. The minimum Gasteiger partial charge on any atom is -0.378 e. The topological polar surface area (TPSA) is 40.5 Å². The highest BCUT2D eigenvalue weighted by Gasteiger charge is 2.10. The van der Waals surface area contributed by atoms with Gasteiger partial charge in [0.15, 0.2) is 0 Å². The number of hydrazone groups is 1. The molecule has 0 aliphatic rings. The highest BCUT2D eigenvalue weighted by Crippen LogP contribution is 2.31. The van der Waals surface area contributed by atoms with Crippen LogP contribution in [0.25, 0.3) is 11.3 Å². The number of nitrogens with one attached hydrogen (secondary N) is 1. The Kier molecular flexibility index (Phi) is 5.38. The van der Waals surface area contributed by atoms with E-state index in [1.54, 1.807) is 11.3 Å². The van der Waals surface area contributed by atoms with Crippen molar-refractivity contribution in [3.8, 4) is 11.3 Å². The fourth-order valence-electron chi connectivity index (χ4n) is 3.04. The van der Waals surface area contributed by atoms with Gasteiger partial charge in [-0.2, -0.15) is 5.10 Å². The smallest absolute Gasteiger partial charge is 0.203 e. The summed E-state index contributed by atoms with van der Waals surface area (Å²) < 4.78 is 0. The standard InChI is InChI=1S/C21H24N4S/c1-14-10-15(2)20(16(3)11-14)19-13-26-21(23-19)24-22-12-17-6-8-18(9-7-17)25(4)5/h6-13H,1-5H3,(H,23,24)/b22-12-. The first kappa shape index (κ1) is 18.1. The number of nitrogens with zero attached hydrogens (tertiary/aromatic N) is 3. The highest BCUT2D eigenvalue weighted by molar-refractivity contribution is 7.14. The maximum Gasteiger partial charge on any atom is 0.203 e. The van der Waals surface area contributed by atoms with E-state index in [-0.39, 0.29) is 0 Å². The van der Waals surface area contributed by atoms with E-state index in [0.717, 1.165) is 16.4 Å². The molecule has 3 rings (SSSR count). The van der Waals surface area contributed by atoms with Crippen molar-refractivity contribution in [1.29, 1.82) is 0 Å². The number of hydrogen-bond donors (Lipinski definition) is 1. The zero-order valence-electron chi connectivity index (χ0n) is 15.9. The Morgan fingerprint density at radius 1 is 1.04 bits per heavy atom. The van der Waals surface area contributed by atoms with Crippen LogP contribution < -0.4 is 10.3 Å². The van der Waals surface area contributed by atoms with Gasteiger partial charge < -0.3 is 4.90 Å². The molecule has 2 aromatic carbocycles. The molecule has 0 bridgehead atoms. The first-order chi connectivity index (χ1) is 12.4. The summed E-state index contributed by atoms with van der Waals surface area (Å²) in [6.07, 6.45) is 1.81. The van der Waals surface area contributed by atoms with Crippen molar-refractivity contribution in [3.05, 3.63) is 64.0 Å². The highest BCUT2D eigenvalue weighted by atomic mass is 32.1. The van der Waals surface area contributed by atoms with Crippen LogP contribution in [0.3, 0.4) is 0 Å². The normalized spacial score (nSPS) is 11.1. The first-order valence-electron chi connectivity index (χ1n) is 8.54. The maximum absolute atomic E-state index is 4.69. The van der Waals surface area contributed by atoms with Crippen LogP contribution in [0.4, 0.5) is 10.8 Å². The Labute approximate surface area is 159 Å². The van der Waals surface area contributed by atoms with Gasteiger partial charge in [-0.15, -0.1) is 11.3 Å². The van der Waals surface area contributed by atoms with E-state index in [4.69, 9.17) is 0 Å². The van der Waals surface area contributed by atoms with Crippen molar-refractivity contribution in [2.75, 3.05) is 24.4 Å². The molecule has 0 saturated heterocycles. The number of aromatic nitrogens is 1. The second-order valence-corrected chi connectivity index (χ2v) is 7.53. The van der Waals surface area contributed by atoms with Gasteiger partial charge >= 0.3 is 0 Å². The van der Waals surface area contributed by atoms with Crippen molar-refractivity contribution < 1.29 is 0 Å². The Morgan fingerprint density at radius 2 is 1.69 bits per heavy atom. The molecular formula is C21H24N4S. The van der Waals surface area contributed by atoms with Crippen LogP contribution >= 0.6 is 11.3 Å². The third-order valence-corrected chi connectivity index (χ3v) is 4.97. The van der Waals surface area contributed by atoms with Gasteiger partial charge in [0.05, 0.1) is 11.9 Å². The summed E-state index contributed by atoms with van der Waals surface area (Å²) in [5, 5.41) is 7.18. The van der Waals surface area contributed by atoms with Crippen molar-refractivity contribution in [2.45, 2.75) is 20.8 Å². The number of thiazole rings is 1. The van der Waals surface area contributed by atoms with Crippen molar-refractivity contribution >= 4 is 28.4 Å². The van der Waals surface area contributed by atoms with E-state index in [9.17, 15) is 0 Å². The summed E-state index contributed by atoms with van der Waals surface area (Å²) >= 11 is 1.56. The van der Waals surface area contributed by atoms with Crippen LogP contribution in [0, 0.1) is 20.8 Å². The summed E-state index contributed by atoms with van der Waals surface area (Å²) in [6, 6.07) is 12.6. The lowest BCUT2D eigenvalue weighted by Gasteiger charge is -2.11. The molecule has 0 spiro atoms. The summed E-state index contributed by atoms with van der Waals surface area (Å²) in [5.41, 5.74) is 11.3. The Bertz CT molecular complexity index is 900. The van der Waals surface area contributed by atoms with Gasteiger partial charge in [-0.25, -0.2) is 4.98 Å². The molecule has 5 heteroatoms. The van der Waals surface area contributed by atoms with Gasteiger partial charge in [-0.1, -0.05) is 29.8 Å². The van der Waals surface area contributed by atoms with E-state index >= 15 is 0 Å². The van der Waals surface area contributed by atoms with E-state index in [0.29, 0.717) is 0 Å². The van der Waals surface area contributed by atoms with Gasteiger partial charge in [-0.3, -0.25) is 5.43 Å². The van der Waals surface area contributed by atoms with Crippen molar-refractivity contribution in [3.63, 3.8) is 0 Å². The lowest BCUT2D eigenvalue weighted by molar-refractivity contribution is 1.13. The van der Waals surface area contributed by atoms with Crippen LogP contribution in [0.5, 0.6) is 0 Å². The minimum absolute atomic E-state index is 0.792. The molecule has 0 unspecified atom stereocenters. The Morgan fingerprint density at radius 3 is 2.31 bits per heavy atom. The van der Waals surface area contributed by atoms with Crippen LogP contribution in [-0.4, -0.2) is 25.3 Å². The first-order valence-corrected chi connectivity index (χ1v) is 9.42. The van der Waals surface area contributed by atoms with Gasteiger partial charge in [0.1, 0.15) is 0 Å². The monoisotopic (exact) mass is 364 g/mol. The van der Waals surface area contributed by atoms with E-state index in [2.05, 4.69) is 70.8 Å². The lowest BCUT2D eigenvalue weighted by Crippen LogP contribution is -2.08. The number of anilines is 2. The van der Waals surface area contributed by atoms with Crippen molar-refractivity contribution in [2.24, 2.45) is 5.10 Å². The SMILES string of the molecule is Cc1cc(C)c(-c2csc(N/N=C\c3ccc(N(C)C)cc3)n2)c(C)c1. The van der Waals surface area contributed by atoms with Gasteiger partial charge in [0.2, 0.25) is 5.13 Å². The van der Waals surface area contributed by atoms with Gasteiger partial charge in [0, 0.05) is 30.7 Å². The van der Waals surface area contributed by atoms with E-state index < -0.39 is 0 Å². The number of hydrogen-bond acceptors (Lipinski definition) is 5. The maximum atomic E-state index is 4.69. The molecule has 0 fully saturated rings. The molecule has 0 atom stereocenters. The predicted molar refractivity (Wildman–Crippen MR) is 114 cm³/mol. The van der Waals surface area contributed by atoms with E-state index in [1.165, 1.54) is 27.9 Å². The molecule has 134 valence electrons. The summed E-state index contributed by atoms with van der Waals surface area (Å²) in [5.74, 6) is 0.